The summed E-state index contributed by atoms with van der Waals surface area (Å²) in [6.07, 6.45) is 1.04. The molecule has 0 unspecified atom stereocenters. The second kappa shape index (κ2) is 13.0. The number of rotatable bonds is 6. The Morgan fingerprint density at radius 2 is 1.82 bits per heavy atom. The highest BCUT2D eigenvalue weighted by Crippen LogP contribution is 2.42. The Hall–Kier alpha value is -2.19. The van der Waals surface area contributed by atoms with Crippen molar-refractivity contribution in [1.29, 1.82) is 0 Å². The average Bonchev–Trinajstić information content (AvgIpc) is 2.69. The molecule has 0 spiro atoms. The third kappa shape index (κ3) is 7.67. The third-order valence-corrected chi connectivity index (χ3v) is 6.62. The molecule has 6 N–H and O–H groups in total. The number of piperidine rings is 1. The number of halogens is 2. The Balaban J connectivity index is 0.00000363. The molecule has 1 amide bonds. The van der Waals surface area contributed by atoms with Gasteiger partial charge in [-0.2, -0.15) is 0 Å². The van der Waals surface area contributed by atoms with E-state index in [1.807, 2.05) is 12.1 Å². The topological polar surface area (TPSA) is 116 Å². The number of likely N-dealkylation sites (tertiary alicyclic amines) is 1. The number of benzene rings is 2. The fraction of sp³-hybridized carbons (Fsp3) is 0.500. The summed E-state index contributed by atoms with van der Waals surface area (Å²) in [5.74, 6) is -0.864. The average molecular weight is 499 g/mol. The van der Waals surface area contributed by atoms with Crippen LogP contribution in [0.1, 0.15) is 63.4 Å². The number of amides is 1. The van der Waals surface area contributed by atoms with E-state index in [1.165, 1.54) is 17.7 Å². The second-order valence-electron chi connectivity index (χ2n) is 9.61. The van der Waals surface area contributed by atoms with E-state index in [1.54, 1.807) is 0 Å². The fourth-order valence-electron chi connectivity index (χ4n) is 4.54. The Morgan fingerprint density at radius 1 is 1.21 bits per heavy atom. The molecule has 34 heavy (non-hydrogen) atoms. The Morgan fingerprint density at radius 3 is 2.35 bits per heavy atom. The first-order chi connectivity index (χ1) is 14.6. The molecule has 2 aromatic carbocycles. The number of carbonyl (C=O) groups is 1. The number of hydrogen-bond acceptors (Lipinski definition) is 3. The van der Waals surface area contributed by atoms with Crippen LogP contribution in [0.15, 0.2) is 42.5 Å². The molecular weight excluding hydrogens is 459 g/mol. The molecule has 1 saturated heterocycles. The van der Waals surface area contributed by atoms with E-state index >= 15 is 0 Å². The lowest BCUT2D eigenvalue weighted by Gasteiger charge is -2.46. The van der Waals surface area contributed by atoms with Gasteiger partial charge in [-0.3, -0.25) is 4.79 Å². The normalized spacial score (nSPS) is 18.1. The number of nitrogens with zero attached hydrogens (tertiary/aromatic N) is 1. The van der Waals surface area contributed by atoms with E-state index in [0.717, 1.165) is 37.1 Å². The van der Waals surface area contributed by atoms with Crippen LogP contribution in [0.3, 0.4) is 0 Å². The van der Waals surface area contributed by atoms with Gasteiger partial charge in [-0.1, -0.05) is 58.9 Å². The van der Waals surface area contributed by atoms with Gasteiger partial charge in [0.1, 0.15) is 0 Å². The first-order valence-electron chi connectivity index (χ1n) is 10.8. The fourth-order valence-corrected chi connectivity index (χ4v) is 4.67. The van der Waals surface area contributed by atoms with Gasteiger partial charge in [0, 0.05) is 29.7 Å². The first-order valence-corrected chi connectivity index (χ1v) is 11.2. The summed E-state index contributed by atoms with van der Waals surface area (Å²) >= 11 is 6.06. The summed E-state index contributed by atoms with van der Waals surface area (Å²) < 4.78 is 13.3. The molecule has 0 aromatic heterocycles. The summed E-state index contributed by atoms with van der Waals surface area (Å²) in [4.78, 5) is 15.1. The van der Waals surface area contributed by atoms with Gasteiger partial charge in [-0.15, -0.1) is 0 Å². The van der Waals surface area contributed by atoms with Crippen LogP contribution >= 0.6 is 11.6 Å². The van der Waals surface area contributed by atoms with Gasteiger partial charge in [0.15, 0.2) is 11.6 Å². The van der Waals surface area contributed by atoms with Crippen molar-refractivity contribution in [3.63, 3.8) is 0 Å². The molecule has 2 atom stereocenters. The SMILES string of the molecule is C.CC(C)[C@H](CN1CC[C@H](c2ccc(Cl)cc2)C(C)(C)C1)NC(=O)c1ccc(F)c(O)c1.O.O. The molecule has 1 fully saturated rings. The van der Waals surface area contributed by atoms with Gasteiger partial charge < -0.3 is 26.3 Å². The van der Waals surface area contributed by atoms with Crippen LogP contribution < -0.4 is 5.32 Å². The number of phenolic OH excluding ortho intramolecular Hbond substituents is 1. The van der Waals surface area contributed by atoms with Crippen LogP contribution in [0.25, 0.3) is 0 Å². The Labute approximate surface area is 207 Å². The molecule has 0 bridgehead atoms. The minimum atomic E-state index is -0.734. The maximum absolute atomic E-state index is 13.3. The maximum atomic E-state index is 13.3. The van der Waals surface area contributed by atoms with Crippen molar-refractivity contribution in [3.8, 4) is 5.75 Å². The molecule has 2 aromatic rings. The second-order valence-corrected chi connectivity index (χ2v) is 10.0. The molecule has 0 saturated carbocycles. The van der Waals surface area contributed by atoms with Gasteiger partial charge in [0.05, 0.1) is 0 Å². The van der Waals surface area contributed by atoms with E-state index in [4.69, 9.17) is 11.6 Å². The predicted octanol–water partition coefficient (Wildman–Crippen LogP) is 4.44. The van der Waals surface area contributed by atoms with Crippen LogP contribution in [-0.4, -0.2) is 52.5 Å². The molecule has 0 radical (unpaired) electrons. The molecule has 1 aliphatic rings. The molecule has 8 heteroatoms. The number of aromatic hydroxyl groups is 1. The standard InChI is InChI=1S/C25H32ClFN2O2.CH4.2H2O/c1-16(2)22(28-24(31)18-7-10-21(27)23(30)13-18)14-29-12-11-20(25(3,4)15-29)17-5-8-19(26)9-6-17;;;/h5-10,13,16,20,22,30H,11-12,14-15H2,1-4H3,(H,28,31);1H4;2*1H2/t20-,22+;;;/m1.../s1. The van der Waals surface area contributed by atoms with Crippen molar-refractivity contribution < 1.29 is 25.2 Å². The Bertz CT molecular complexity index is 922. The first kappa shape index (κ1) is 31.8. The van der Waals surface area contributed by atoms with Gasteiger partial charge >= 0.3 is 0 Å². The van der Waals surface area contributed by atoms with Crippen LogP contribution in [0, 0.1) is 17.2 Å². The van der Waals surface area contributed by atoms with E-state index in [9.17, 15) is 14.3 Å². The summed E-state index contributed by atoms with van der Waals surface area (Å²) in [7, 11) is 0. The highest BCUT2D eigenvalue weighted by Gasteiger charge is 2.37. The van der Waals surface area contributed by atoms with Crippen LogP contribution in [0.5, 0.6) is 5.75 Å². The van der Waals surface area contributed by atoms with Gasteiger partial charge in [-0.05, 0) is 66.1 Å². The van der Waals surface area contributed by atoms with Crippen molar-refractivity contribution >= 4 is 17.5 Å². The monoisotopic (exact) mass is 498 g/mol. The van der Waals surface area contributed by atoms with Crippen LogP contribution in [0.4, 0.5) is 4.39 Å². The van der Waals surface area contributed by atoms with Crippen molar-refractivity contribution in [2.45, 2.75) is 53.5 Å². The van der Waals surface area contributed by atoms with Crippen molar-refractivity contribution in [3.05, 3.63) is 64.4 Å². The minimum absolute atomic E-state index is 0. The minimum Gasteiger partial charge on any atom is -0.505 e. The summed E-state index contributed by atoms with van der Waals surface area (Å²) in [6.45, 7) is 11.4. The quantitative estimate of drug-likeness (QED) is 0.613. The smallest absolute Gasteiger partial charge is 0.251 e. The van der Waals surface area contributed by atoms with Crippen molar-refractivity contribution in [1.82, 2.24) is 10.2 Å². The molecule has 6 nitrogen and oxygen atoms in total. The highest BCUT2D eigenvalue weighted by atomic mass is 35.5. The lowest BCUT2D eigenvalue weighted by molar-refractivity contribution is 0.0731. The summed E-state index contributed by atoms with van der Waals surface area (Å²) in [5, 5.41) is 13.4. The van der Waals surface area contributed by atoms with Crippen LogP contribution in [-0.2, 0) is 0 Å². The van der Waals surface area contributed by atoms with Gasteiger partial charge in [0.2, 0.25) is 0 Å². The number of carbonyl (C=O) groups excluding carboxylic acids is 1. The lowest BCUT2D eigenvalue weighted by Crippen LogP contribution is -2.52. The van der Waals surface area contributed by atoms with E-state index in [2.05, 4.69) is 50.0 Å². The third-order valence-electron chi connectivity index (χ3n) is 6.37. The molecule has 1 aliphatic heterocycles. The maximum Gasteiger partial charge on any atom is 0.251 e. The molecule has 3 rings (SSSR count). The molecule has 0 aliphatic carbocycles. The van der Waals surface area contributed by atoms with Crippen LogP contribution in [0.2, 0.25) is 5.02 Å². The predicted molar refractivity (Wildman–Crippen MR) is 137 cm³/mol. The van der Waals surface area contributed by atoms with E-state index in [-0.39, 0.29) is 47.2 Å². The summed E-state index contributed by atoms with van der Waals surface area (Å²) in [6, 6.07) is 11.8. The molecule has 192 valence electrons. The largest absolute Gasteiger partial charge is 0.505 e. The van der Waals surface area contributed by atoms with E-state index < -0.39 is 11.6 Å². The number of nitrogens with one attached hydrogen (secondary N) is 1. The number of phenols is 1. The molecule has 1 heterocycles. The zero-order chi connectivity index (χ0) is 22.8. The number of hydrogen-bond donors (Lipinski definition) is 2. The van der Waals surface area contributed by atoms with Gasteiger partial charge in [0.25, 0.3) is 5.91 Å². The van der Waals surface area contributed by atoms with Crippen molar-refractivity contribution in [2.24, 2.45) is 11.3 Å². The highest BCUT2D eigenvalue weighted by molar-refractivity contribution is 6.30. The zero-order valence-corrected chi connectivity index (χ0v) is 20.4. The Kier molecular flexibility index (Phi) is 12.2. The van der Waals surface area contributed by atoms with Crippen molar-refractivity contribution in [2.75, 3.05) is 19.6 Å². The lowest BCUT2D eigenvalue weighted by atomic mass is 9.70. The van der Waals surface area contributed by atoms with Gasteiger partial charge in [-0.25, -0.2) is 4.39 Å². The van der Waals surface area contributed by atoms with E-state index in [0.29, 0.717) is 5.92 Å². The summed E-state index contributed by atoms with van der Waals surface area (Å²) in [5.41, 5.74) is 1.66. The zero-order valence-electron chi connectivity index (χ0n) is 19.7. The molecular formula is C26H40ClFN2O4.